The number of benzene rings is 4. The van der Waals surface area contributed by atoms with Gasteiger partial charge in [-0.1, -0.05) is 127 Å². The molecule has 300 valence electrons. The maximum atomic E-state index is 7.45. The predicted octanol–water partition coefficient (Wildman–Crippen LogP) is 13.9. The Bertz CT molecular complexity index is 2320. The molecule has 1 saturated carbocycles. The normalized spacial score (nSPS) is 22.0. The number of aromatic nitrogens is 2. The molecular formula is C51H62N2O2S2. The highest BCUT2D eigenvalue weighted by Crippen LogP contribution is 2.49. The van der Waals surface area contributed by atoms with E-state index in [-0.39, 0.29) is 31.8 Å². The Hall–Kier alpha value is -4.00. The lowest BCUT2D eigenvalue weighted by Gasteiger charge is -2.34. The summed E-state index contributed by atoms with van der Waals surface area (Å²) >= 11 is 0. The number of nitrogens with zero attached hydrogens (tertiary/aromatic N) is 2. The van der Waals surface area contributed by atoms with Crippen LogP contribution in [-0.4, -0.2) is 37.2 Å². The second kappa shape index (κ2) is 15.3. The maximum Gasteiger partial charge on any atom is 0.246 e. The number of hydrogen-bond acceptors (Lipinski definition) is 2. The predicted molar refractivity (Wildman–Crippen MR) is 251 cm³/mol. The second-order valence-corrected chi connectivity index (χ2v) is 22.9. The molecule has 1 aliphatic carbocycles. The number of para-hydroxylation sites is 2. The second-order valence-electron chi connectivity index (χ2n) is 19.0. The van der Waals surface area contributed by atoms with Crippen LogP contribution in [0, 0.1) is 0 Å². The van der Waals surface area contributed by atoms with E-state index in [0.717, 1.165) is 45.4 Å². The summed E-state index contributed by atoms with van der Waals surface area (Å²) in [6.45, 7) is 18.1. The highest BCUT2D eigenvalue weighted by Gasteiger charge is 2.35. The van der Waals surface area contributed by atoms with Crippen LogP contribution in [-0.2, 0) is 22.3 Å². The van der Waals surface area contributed by atoms with Gasteiger partial charge in [0, 0.05) is 59.4 Å². The third-order valence-electron chi connectivity index (χ3n) is 12.1. The van der Waals surface area contributed by atoms with Crippen molar-refractivity contribution in [3.63, 3.8) is 0 Å². The summed E-state index contributed by atoms with van der Waals surface area (Å²) in [5, 5.41) is 3.39. The number of ether oxygens (including phenoxy) is 2. The molecular weight excluding hydrogens is 737 g/mol. The Kier molecular flexibility index (Phi) is 10.7. The third-order valence-corrected chi connectivity index (χ3v) is 16.5. The molecule has 1 fully saturated rings. The van der Waals surface area contributed by atoms with Crippen molar-refractivity contribution in [2.24, 2.45) is 0 Å². The van der Waals surface area contributed by atoms with Gasteiger partial charge in [-0.25, -0.2) is 0 Å². The van der Waals surface area contributed by atoms with Gasteiger partial charge in [-0.15, -0.1) is 0 Å². The van der Waals surface area contributed by atoms with Gasteiger partial charge in [-0.3, -0.25) is 0 Å². The first-order valence-corrected chi connectivity index (χ1v) is 24.2. The van der Waals surface area contributed by atoms with Gasteiger partial charge >= 0.3 is 0 Å². The molecule has 0 saturated heterocycles. The quantitative estimate of drug-likeness (QED) is 0.163. The van der Waals surface area contributed by atoms with Crippen LogP contribution in [0.25, 0.3) is 33.2 Å². The first kappa shape index (κ1) is 39.8. The van der Waals surface area contributed by atoms with E-state index in [9.17, 15) is 0 Å². The van der Waals surface area contributed by atoms with E-state index in [4.69, 9.17) is 21.2 Å². The van der Waals surface area contributed by atoms with Gasteiger partial charge in [0.05, 0.1) is 22.4 Å². The van der Waals surface area contributed by atoms with Gasteiger partial charge in [0.2, 0.25) is 5.79 Å². The summed E-state index contributed by atoms with van der Waals surface area (Å²) in [5.41, 5.74) is 9.31. The van der Waals surface area contributed by atoms with E-state index in [2.05, 4.69) is 162 Å². The minimum absolute atomic E-state index is 0.0690. The molecule has 4 nitrogen and oxygen atoms in total. The van der Waals surface area contributed by atoms with Crippen LogP contribution < -0.4 is 9.47 Å². The molecule has 3 heterocycles. The van der Waals surface area contributed by atoms with Crippen LogP contribution in [0.3, 0.4) is 0 Å². The first-order valence-electron chi connectivity index (χ1n) is 20.9. The van der Waals surface area contributed by atoms with E-state index >= 15 is 0 Å². The number of rotatable bonds is 2. The monoisotopic (exact) mass is 798 g/mol. The molecule has 6 aromatic rings. The Morgan fingerprint density at radius 3 is 1.39 bits per heavy atom. The van der Waals surface area contributed by atoms with Crippen molar-refractivity contribution >= 4 is 54.5 Å². The van der Waals surface area contributed by atoms with Crippen molar-refractivity contribution in [2.45, 2.75) is 133 Å². The van der Waals surface area contributed by atoms with Crippen molar-refractivity contribution in [2.75, 3.05) is 0 Å². The molecule has 0 spiro atoms. The molecule has 4 unspecified atom stereocenters. The van der Waals surface area contributed by atoms with Crippen molar-refractivity contribution in [1.82, 2.24) is 9.13 Å². The molecule has 0 amide bonds. The fraction of sp³-hybridized carbons (Fsp3) is 0.412. The fourth-order valence-corrected chi connectivity index (χ4v) is 13.6. The summed E-state index contributed by atoms with van der Waals surface area (Å²) in [5.74, 6) is 12.6. The molecule has 2 aliphatic rings. The van der Waals surface area contributed by atoms with E-state index in [1.807, 2.05) is 0 Å². The summed E-state index contributed by atoms with van der Waals surface area (Å²) < 4.78 is 19.5. The summed E-state index contributed by atoms with van der Waals surface area (Å²) in [6, 6.07) is 31.3. The van der Waals surface area contributed by atoms with Gasteiger partial charge in [0.1, 0.15) is 0 Å². The number of hydrogen-bond donors (Lipinski definition) is 0. The molecule has 0 radical (unpaired) electrons. The Labute approximate surface area is 346 Å². The average molecular weight is 799 g/mol. The lowest BCUT2D eigenvalue weighted by atomic mass is 9.85. The zero-order valence-corrected chi connectivity index (χ0v) is 37.1. The van der Waals surface area contributed by atoms with Crippen LogP contribution >= 0.6 is 21.0 Å². The van der Waals surface area contributed by atoms with Gasteiger partial charge in [0.25, 0.3) is 0 Å². The molecule has 6 heteroatoms. The van der Waals surface area contributed by atoms with Crippen molar-refractivity contribution in [3.05, 3.63) is 120 Å². The van der Waals surface area contributed by atoms with E-state index < -0.39 is 5.79 Å². The van der Waals surface area contributed by atoms with E-state index in [1.165, 1.54) is 71.6 Å². The van der Waals surface area contributed by atoms with Gasteiger partial charge in [0.15, 0.2) is 11.5 Å². The highest BCUT2D eigenvalue weighted by atomic mass is 32.2. The smallest absolute Gasteiger partial charge is 0.246 e. The van der Waals surface area contributed by atoms with Crippen molar-refractivity contribution < 1.29 is 9.47 Å². The lowest BCUT2D eigenvalue weighted by Crippen LogP contribution is -2.37. The summed E-state index contributed by atoms with van der Waals surface area (Å²) in [7, 11) is -0.308. The molecule has 1 aliphatic heterocycles. The lowest BCUT2D eigenvalue weighted by molar-refractivity contribution is -0.0818. The van der Waals surface area contributed by atoms with E-state index in [0.29, 0.717) is 10.5 Å². The molecule has 4 aromatic carbocycles. The Morgan fingerprint density at radius 2 is 0.982 bits per heavy atom. The van der Waals surface area contributed by atoms with Crippen LogP contribution in [0.1, 0.15) is 116 Å². The van der Waals surface area contributed by atoms with Crippen LogP contribution in [0.2, 0.25) is 0 Å². The highest BCUT2D eigenvalue weighted by molar-refractivity contribution is 8.17. The number of fused-ring (bicyclic) bond motifs is 5. The van der Waals surface area contributed by atoms with Crippen LogP contribution in [0.4, 0.5) is 0 Å². The maximum absolute atomic E-state index is 7.45. The van der Waals surface area contributed by atoms with Crippen molar-refractivity contribution in [1.29, 1.82) is 0 Å². The van der Waals surface area contributed by atoms with Crippen LogP contribution in [0.15, 0.2) is 97.3 Å². The summed E-state index contributed by atoms with van der Waals surface area (Å²) in [6.07, 6.45) is 11.9. The minimum Gasteiger partial charge on any atom is -0.450 e. The SMILES string of the molecule is C=S1Cc2cc(C(C)(C)C)cc(-n3ccc4ccccc43)c2OC(C)(C)Oc2c(cc(C(C)(C)C)cc2-n2ccc3ccccc32)CS(=C)C2CCCCCCC21. The van der Waals surface area contributed by atoms with Gasteiger partial charge < -0.3 is 18.6 Å². The van der Waals surface area contributed by atoms with Gasteiger partial charge in [-0.05, 0) is 82.0 Å². The van der Waals surface area contributed by atoms with Crippen molar-refractivity contribution in [3.8, 4) is 22.9 Å². The standard InChI is InChI=1S/C51H62N2O2S2/c1-49(2,3)39-29-37-33-56(9)45-23-13-11-12-14-24-46(45)57(10)34-38-30-40(50(4,5)6)32-44(53-28-26-36-20-16-18-22-42(36)53)48(38)55-51(7,8)54-47(37)43(31-39)52-27-25-35-19-15-17-21-41(35)52/h15-22,25-32,45-46H,9-14,23-24,33-34H2,1-8H3. The largest absolute Gasteiger partial charge is 0.450 e. The molecule has 8 rings (SSSR count). The average Bonchev–Trinajstić information content (AvgIpc) is 3.76. The Balaban J connectivity index is 1.40. The molecule has 2 aromatic heterocycles. The zero-order chi connectivity index (χ0) is 40.3. The third kappa shape index (κ3) is 8.06. The molecule has 57 heavy (non-hydrogen) atoms. The zero-order valence-electron chi connectivity index (χ0n) is 35.5. The van der Waals surface area contributed by atoms with E-state index in [1.54, 1.807) is 0 Å². The minimum atomic E-state index is -1.04. The Morgan fingerprint density at radius 1 is 0.579 bits per heavy atom. The van der Waals surface area contributed by atoms with Crippen LogP contribution in [0.5, 0.6) is 11.5 Å². The molecule has 0 N–H and O–H groups in total. The first-order chi connectivity index (χ1) is 27.1. The van der Waals surface area contributed by atoms with Gasteiger partial charge in [-0.2, -0.15) is 21.0 Å². The molecule has 4 atom stereocenters. The fourth-order valence-electron chi connectivity index (χ4n) is 8.91. The summed E-state index contributed by atoms with van der Waals surface area (Å²) in [4.78, 5) is 0. The topological polar surface area (TPSA) is 28.3 Å². The molecule has 0 bridgehead atoms.